The van der Waals surface area contributed by atoms with Gasteiger partial charge in [-0.15, -0.1) is 0 Å². The molecule has 0 atom stereocenters. The zero-order valence-electron chi connectivity index (χ0n) is 13.0. The van der Waals surface area contributed by atoms with Crippen LogP contribution in [0, 0.1) is 0 Å². The minimum atomic E-state index is -4.50. The summed E-state index contributed by atoms with van der Waals surface area (Å²) in [6.07, 6.45) is -0.0367. The van der Waals surface area contributed by atoms with E-state index in [1.807, 2.05) is 0 Å². The standard InChI is InChI=1S/C17H21F3N2O/c18-17(19,20)15-8-2-1-7-14(15)16(23)22-10-4-9-21(11-12-22)13-5-3-6-13/h1-2,7-8,13H,3-6,9-12H2. The number of alkyl halides is 3. The highest BCUT2D eigenvalue weighted by Gasteiger charge is 2.36. The zero-order chi connectivity index (χ0) is 16.4. The summed E-state index contributed by atoms with van der Waals surface area (Å²) in [6.45, 7) is 2.70. The van der Waals surface area contributed by atoms with E-state index in [1.165, 1.54) is 37.5 Å². The molecule has 1 aliphatic carbocycles. The summed E-state index contributed by atoms with van der Waals surface area (Å²) in [5, 5.41) is 0. The number of hydrogen-bond acceptors (Lipinski definition) is 2. The molecule has 1 aromatic rings. The SMILES string of the molecule is O=C(c1ccccc1C(F)(F)F)N1CCCN(C2CCC2)CC1. The summed E-state index contributed by atoms with van der Waals surface area (Å²) < 4.78 is 39.3. The highest BCUT2D eigenvalue weighted by Crippen LogP contribution is 2.32. The van der Waals surface area contributed by atoms with Crippen molar-refractivity contribution in [3.63, 3.8) is 0 Å². The lowest BCUT2D eigenvalue weighted by molar-refractivity contribution is -0.138. The molecule has 0 bridgehead atoms. The Bertz CT molecular complexity index is 569. The molecule has 3 rings (SSSR count). The van der Waals surface area contributed by atoms with Crippen molar-refractivity contribution < 1.29 is 18.0 Å². The maximum absolute atomic E-state index is 13.1. The van der Waals surface area contributed by atoms with Crippen LogP contribution in [0.1, 0.15) is 41.6 Å². The molecule has 2 aliphatic rings. The van der Waals surface area contributed by atoms with Crippen LogP contribution in [0.2, 0.25) is 0 Å². The highest BCUT2D eigenvalue weighted by atomic mass is 19.4. The smallest absolute Gasteiger partial charge is 0.337 e. The van der Waals surface area contributed by atoms with E-state index in [0.717, 1.165) is 25.6 Å². The minimum absolute atomic E-state index is 0.239. The third kappa shape index (κ3) is 3.52. The van der Waals surface area contributed by atoms with Gasteiger partial charge in [-0.3, -0.25) is 9.69 Å². The third-order valence-corrected chi connectivity index (χ3v) is 4.87. The summed E-state index contributed by atoms with van der Waals surface area (Å²) in [7, 11) is 0. The average Bonchev–Trinajstić information content (AvgIpc) is 2.70. The largest absolute Gasteiger partial charge is 0.417 e. The van der Waals surface area contributed by atoms with E-state index < -0.39 is 17.6 Å². The molecule has 0 N–H and O–H groups in total. The number of hydrogen-bond donors (Lipinski definition) is 0. The molecule has 0 spiro atoms. The molecule has 2 fully saturated rings. The van der Waals surface area contributed by atoms with Crippen molar-refractivity contribution in [2.24, 2.45) is 0 Å². The van der Waals surface area contributed by atoms with Crippen LogP contribution in [0.4, 0.5) is 13.2 Å². The number of nitrogens with zero attached hydrogens (tertiary/aromatic N) is 2. The van der Waals surface area contributed by atoms with Gasteiger partial charge >= 0.3 is 6.18 Å². The normalized spacial score (nSPS) is 20.9. The van der Waals surface area contributed by atoms with Crippen LogP contribution in [0.5, 0.6) is 0 Å². The second-order valence-electron chi connectivity index (χ2n) is 6.31. The number of halogens is 3. The zero-order valence-corrected chi connectivity index (χ0v) is 13.0. The second kappa shape index (κ2) is 6.51. The van der Waals surface area contributed by atoms with Gasteiger partial charge in [-0.1, -0.05) is 18.6 Å². The molecular weight excluding hydrogens is 305 g/mol. The van der Waals surface area contributed by atoms with Crippen LogP contribution in [-0.4, -0.2) is 47.9 Å². The van der Waals surface area contributed by atoms with Gasteiger partial charge in [-0.05, 0) is 31.4 Å². The molecular formula is C17H21F3N2O. The Balaban J connectivity index is 1.73. The van der Waals surface area contributed by atoms with Gasteiger partial charge in [0.1, 0.15) is 0 Å². The van der Waals surface area contributed by atoms with E-state index in [4.69, 9.17) is 0 Å². The van der Waals surface area contributed by atoms with Crippen LogP contribution in [0.25, 0.3) is 0 Å². The summed E-state index contributed by atoms with van der Waals surface area (Å²) in [5.74, 6) is -0.506. The first-order valence-electron chi connectivity index (χ1n) is 8.16. The number of amides is 1. The molecule has 1 saturated heterocycles. The Morgan fingerprint density at radius 3 is 2.39 bits per heavy atom. The summed E-state index contributed by atoms with van der Waals surface area (Å²) in [5.41, 5.74) is -1.08. The number of rotatable bonds is 2. The molecule has 1 heterocycles. The van der Waals surface area contributed by atoms with E-state index in [2.05, 4.69) is 4.90 Å². The van der Waals surface area contributed by atoms with E-state index in [0.29, 0.717) is 19.1 Å². The first-order chi connectivity index (χ1) is 11.0. The number of benzene rings is 1. The van der Waals surface area contributed by atoms with Crippen molar-refractivity contribution >= 4 is 5.91 Å². The molecule has 6 heteroatoms. The topological polar surface area (TPSA) is 23.6 Å². The van der Waals surface area contributed by atoms with Gasteiger partial charge in [-0.2, -0.15) is 13.2 Å². The Kier molecular flexibility index (Phi) is 4.62. The first-order valence-corrected chi connectivity index (χ1v) is 8.16. The van der Waals surface area contributed by atoms with Gasteiger partial charge in [0.25, 0.3) is 5.91 Å². The molecule has 0 radical (unpaired) electrons. The minimum Gasteiger partial charge on any atom is -0.337 e. The van der Waals surface area contributed by atoms with E-state index >= 15 is 0 Å². The van der Waals surface area contributed by atoms with Gasteiger partial charge in [0, 0.05) is 32.2 Å². The van der Waals surface area contributed by atoms with Crippen LogP contribution in [0.15, 0.2) is 24.3 Å². The fourth-order valence-corrected chi connectivity index (χ4v) is 3.34. The van der Waals surface area contributed by atoms with Crippen molar-refractivity contribution in [2.45, 2.75) is 37.9 Å². The van der Waals surface area contributed by atoms with Crippen LogP contribution >= 0.6 is 0 Å². The van der Waals surface area contributed by atoms with Crippen molar-refractivity contribution in [3.05, 3.63) is 35.4 Å². The lowest BCUT2D eigenvalue weighted by Gasteiger charge is -2.36. The quantitative estimate of drug-likeness (QED) is 0.831. The number of carbonyl (C=O) groups is 1. The molecule has 1 amide bonds. The van der Waals surface area contributed by atoms with E-state index in [9.17, 15) is 18.0 Å². The predicted molar refractivity (Wildman–Crippen MR) is 81.2 cm³/mol. The predicted octanol–water partition coefficient (Wildman–Crippen LogP) is 3.41. The molecule has 23 heavy (non-hydrogen) atoms. The summed E-state index contributed by atoms with van der Waals surface area (Å²) >= 11 is 0. The maximum Gasteiger partial charge on any atom is 0.417 e. The number of carbonyl (C=O) groups excluding carboxylic acids is 1. The van der Waals surface area contributed by atoms with Crippen LogP contribution in [0.3, 0.4) is 0 Å². The van der Waals surface area contributed by atoms with Gasteiger partial charge < -0.3 is 4.90 Å². The summed E-state index contributed by atoms with van der Waals surface area (Å²) in [4.78, 5) is 16.5. The first kappa shape index (κ1) is 16.3. The van der Waals surface area contributed by atoms with Crippen LogP contribution < -0.4 is 0 Å². The lowest BCUT2D eigenvalue weighted by Crippen LogP contribution is -2.43. The second-order valence-corrected chi connectivity index (χ2v) is 6.31. The highest BCUT2D eigenvalue weighted by molar-refractivity contribution is 5.96. The molecule has 0 unspecified atom stereocenters. The van der Waals surface area contributed by atoms with Crippen LogP contribution in [-0.2, 0) is 6.18 Å². The van der Waals surface area contributed by atoms with Crippen molar-refractivity contribution in [1.82, 2.24) is 9.80 Å². The monoisotopic (exact) mass is 326 g/mol. The summed E-state index contributed by atoms with van der Waals surface area (Å²) in [6, 6.07) is 5.67. The Morgan fingerprint density at radius 1 is 1.00 bits per heavy atom. The van der Waals surface area contributed by atoms with Crippen molar-refractivity contribution in [1.29, 1.82) is 0 Å². The molecule has 1 aromatic carbocycles. The third-order valence-electron chi connectivity index (χ3n) is 4.87. The van der Waals surface area contributed by atoms with Gasteiger partial charge in [0.2, 0.25) is 0 Å². The van der Waals surface area contributed by atoms with E-state index in [1.54, 1.807) is 4.90 Å². The average molecular weight is 326 g/mol. The molecule has 0 aromatic heterocycles. The maximum atomic E-state index is 13.1. The van der Waals surface area contributed by atoms with Crippen molar-refractivity contribution in [3.8, 4) is 0 Å². The van der Waals surface area contributed by atoms with Crippen molar-refractivity contribution in [2.75, 3.05) is 26.2 Å². The van der Waals surface area contributed by atoms with Gasteiger partial charge in [0.05, 0.1) is 11.1 Å². The molecule has 3 nitrogen and oxygen atoms in total. The van der Waals surface area contributed by atoms with Gasteiger partial charge in [0.15, 0.2) is 0 Å². The van der Waals surface area contributed by atoms with E-state index in [-0.39, 0.29) is 5.56 Å². The van der Waals surface area contributed by atoms with Gasteiger partial charge in [-0.25, -0.2) is 0 Å². The molecule has 1 aliphatic heterocycles. The lowest BCUT2D eigenvalue weighted by atomic mass is 9.91. The fraction of sp³-hybridized carbons (Fsp3) is 0.588. The Morgan fingerprint density at radius 2 is 1.74 bits per heavy atom. The fourth-order valence-electron chi connectivity index (χ4n) is 3.34. The Labute approximate surface area is 134 Å². The molecule has 126 valence electrons. The Hall–Kier alpha value is -1.56. The molecule has 1 saturated carbocycles.